The summed E-state index contributed by atoms with van der Waals surface area (Å²) in [5, 5.41) is 21.4. The Morgan fingerprint density at radius 1 is 1.04 bits per heavy atom. The quantitative estimate of drug-likeness (QED) is 0.264. The Kier molecular flexibility index (Phi) is 8.99. The molecule has 2 aromatic carbocycles. The standard InChI is InChI=1S/C38H39N7O4/c1-49-31-9-7-30(8-10-31)45-18-13-33-35(45)41-26-44(37(33)47)25-38(48)14-19-43(20-15-38)36(46)32-12-17-42(23-27-11-16-40-29(21-27)22-39)24-34(32)28-5-3-2-4-6-28/h2-11,13,16,18,21,26,32,34,48H,12,14-15,17,19-20,23-25H2,1H3/t32-,34+/m1/s1. The van der Waals surface area contributed by atoms with Crippen LogP contribution in [0.25, 0.3) is 16.7 Å². The zero-order valence-corrected chi connectivity index (χ0v) is 27.5. The number of carbonyl (C=O) groups is 1. The molecule has 2 atom stereocenters. The van der Waals surface area contributed by atoms with Crippen molar-refractivity contribution in [3.63, 3.8) is 0 Å². The summed E-state index contributed by atoms with van der Waals surface area (Å²) in [5.74, 6) is 0.695. The van der Waals surface area contributed by atoms with Gasteiger partial charge < -0.3 is 19.3 Å². The molecule has 1 N–H and O–H groups in total. The Balaban J connectivity index is 1.02. The molecule has 1 amide bonds. The molecule has 11 heteroatoms. The van der Waals surface area contributed by atoms with Crippen LogP contribution in [0.4, 0.5) is 0 Å². The lowest BCUT2D eigenvalue weighted by Gasteiger charge is -2.43. The van der Waals surface area contributed by atoms with Gasteiger partial charge >= 0.3 is 0 Å². The molecule has 11 nitrogen and oxygen atoms in total. The summed E-state index contributed by atoms with van der Waals surface area (Å²) in [5.41, 5.74) is 2.62. The van der Waals surface area contributed by atoms with Crippen LogP contribution in [-0.4, -0.2) is 78.8 Å². The molecule has 7 rings (SSSR count). The average molecular weight is 658 g/mol. The van der Waals surface area contributed by atoms with E-state index in [0.29, 0.717) is 55.6 Å². The van der Waals surface area contributed by atoms with E-state index < -0.39 is 5.60 Å². The van der Waals surface area contributed by atoms with Crippen LogP contribution in [-0.2, 0) is 17.9 Å². The van der Waals surface area contributed by atoms with E-state index in [9.17, 15) is 20.0 Å². The van der Waals surface area contributed by atoms with Gasteiger partial charge in [0.2, 0.25) is 5.91 Å². The molecule has 0 bridgehead atoms. The zero-order valence-electron chi connectivity index (χ0n) is 27.5. The second kappa shape index (κ2) is 13.7. The first-order valence-corrected chi connectivity index (χ1v) is 16.7. The van der Waals surface area contributed by atoms with Crippen LogP contribution < -0.4 is 10.3 Å². The zero-order chi connectivity index (χ0) is 34.0. The molecule has 2 fully saturated rings. The lowest BCUT2D eigenvalue weighted by atomic mass is 9.79. The van der Waals surface area contributed by atoms with Gasteiger partial charge in [-0.2, -0.15) is 5.26 Å². The molecular formula is C38H39N7O4. The highest BCUT2D eigenvalue weighted by Gasteiger charge is 2.41. The number of carbonyl (C=O) groups excluding carboxylic acids is 1. The Morgan fingerprint density at radius 2 is 1.82 bits per heavy atom. The summed E-state index contributed by atoms with van der Waals surface area (Å²) >= 11 is 0. The maximum absolute atomic E-state index is 14.1. The van der Waals surface area contributed by atoms with Crippen molar-refractivity contribution in [1.29, 1.82) is 5.26 Å². The number of nitriles is 1. The number of aromatic nitrogens is 4. The number of fused-ring (bicyclic) bond motifs is 1. The number of benzene rings is 2. The number of methoxy groups -OCH3 is 1. The highest BCUT2D eigenvalue weighted by molar-refractivity contribution is 5.80. The van der Waals surface area contributed by atoms with Crippen molar-refractivity contribution in [3.8, 4) is 17.5 Å². The summed E-state index contributed by atoms with van der Waals surface area (Å²) < 4.78 is 8.60. The SMILES string of the molecule is COc1ccc(-n2ccc3c(=O)n(CC4(O)CCN(C(=O)[C@@H]5CCN(Cc6ccnc(C#N)c6)C[C@H]5c5ccccc5)CC4)cnc32)cc1. The fourth-order valence-electron chi connectivity index (χ4n) is 7.36. The molecule has 0 spiro atoms. The van der Waals surface area contributed by atoms with Crippen molar-refractivity contribution < 1.29 is 14.6 Å². The number of ether oxygens (including phenoxy) is 1. The minimum Gasteiger partial charge on any atom is -0.497 e. The monoisotopic (exact) mass is 657 g/mol. The van der Waals surface area contributed by atoms with E-state index in [0.717, 1.165) is 35.7 Å². The Labute approximate surface area is 284 Å². The molecule has 5 heterocycles. The van der Waals surface area contributed by atoms with Gasteiger partial charge in [-0.25, -0.2) is 9.97 Å². The average Bonchev–Trinajstić information content (AvgIpc) is 3.58. The summed E-state index contributed by atoms with van der Waals surface area (Å²) in [4.78, 5) is 40.6. The highest BCUT2D eigenvalue weighted by atomic mass is 16.5. The van der Waals surface area contributed by atoms with Gasteiger partial charge in [-0.05, 0) is 79.4 Å². The molecule has 0 aliphatic carbocycles. The molecule has 3 aromatic heterocycles. The molecule has 5 aromatic rings. The van der Waals surface area contributed by atoms with E-state index in [1.165, 1.54) is 10.9 Å². The van der Waals surface area contributed by atoms with Crippen molar-refractivity contribution >= 4 is 16.9 Å². The molecule has 0 saturated carbocycles. The highest BCUT2D eigenvalue weighted by Crippen LogP contribution is 2.36. The van der Waals surface area contributed by atoms with Crippen LogP contribution in [0.5, 0.6) is 5.75 Å². The molecule has 0 radical (unpaired) electrons. The van der Waals surface area contributed by atoms with Crippen molar-refractivity contribution in [2.45, 2.75) is 43.9 Å². The maximum Gasteiger partial charge on any atom is 0.262 e. The summed E-state index contributed by atoms with van der Waals surface area (Å²) in [6.07, 6.45) is 6.45. The van der Waals surface area contributed by atoms with E-state index in [1.807, 2.05) is 70.3 Å². The fourth-order valence-corrected chi connectivity index (χ4v) is 7.36. The number of hydrogen-bond acceptors (Lipinski definition) is 8. The van der Waals surface area contributed by atoms with Gasteiger partial charge in [-0.3, -0.25) is 19.1 Å². The number of amides is 1. The number of pyridine rings is 1. The van der Waals surface area contributed by atoms with Gasteiger partial charge in [0.1, 0.15) is 23.8 Å². The molecule has 2 aliphatic heterocycles. The minimum absolute atomic E-state index is 0.0159. The number of piperidine rings is 2. The second-order valence-electron chi connectivity index (χ2n) is 13.2. The van der Waals surface area contributed by atoms with Crippen molar-refractivity contribution in [3.05, 3.63) is 119 Å². The lowest BCUT2D eigenvalue weighted by molar-refractivity contribution is -0.142. The largest absolute Gasteiger partial charge is 0.497 e. The molecule has 250 valence electrons. The lowest BCUT2D eigenvalue weighted by Crippen LogP contribution is -2.53. The van der Waals surface area contributed by atoms with Crippen LogP contribution in [0.2, 0.25) is 0 Å². The maximum atomic E-state index is 14.1. The van der Waals surface area contributed by atoms with Crippen LogP contribution in [0.15, 0.2) is 96.3 Å². The van der Waals surface area contributed by atoms with E-state index in [2.05, 4.69) is 33.1 Å². The Hall–Kier alpha value is -5.31. The number of nitrogens with zero attached hydrogens (tertiary/aromatic N) is 7. The first kappa shape index (κ1) is 32.2. The van der Waals surface area contributed by atoms with Crippen molar-refractivity contribution in [2.24, 2.45) is 5.92 Å². The summed E-state index contributed by atoms with van der Waals surface area (Å²) in [6.45, 7) is 3.12. The van der Waals surface area contributed by atoms with Gasteiger partial charge in [-0.1, -0.05) is 30.3 Å². The van der Waals surface area contributed by atoms with Crippen LogP contribution in [0.3, 0.4) is 0 Å². The van der Waals surface area contributed by atoms with Gasteiger partial charge in [0.05, 0.1) is 24.6 Å². The molecule has 2 aliphatic rings. The van der Waals surface area contributed by atoms with Crippen LogP contribution in [0, 0.1) is 17.2 Å². The van der Waals surface area contributed by atoms with Gasteiger partial charge in [-0.15, -0.1) is 0 Å². The first-order chi connectivity index (χ1) is 23.8. The van der Waals surface area contributed by atoms with Gasteiger partial charge in [0, 0.05) is 56.1 Å². The van der Waals surface area contributed by atoms with Crippen molar-refractivity contribution in [1.82, 2.24) is 28.9 Å². The predicted octanol–water partition coefficient (Wildman–Crippen LogP) is 4.12. The molecule has 49 heavy (non-hydrogen) atoms. The normalized spacial score (nSPS) is 19.4. The third-order valence-electron chi connectivity index (χ3n) is 10.1. The molecular weight excluding hydrogens is 618 g/mol. The Bertz CT molecular complexity index is 2040. The fraction of sp³-hybridized carbons (Fsp3) is 0.342. The number of rotatable bonds is 8. The third-order valence-corrected chi connectivity index (χ3v) is 10.1. The smallest absolute Gasteiger partial charge is 0.262 e. The Morgan fingerprint density at radius 3 is 2.55 bits per heavy atom. The van der Waals surface area contributed by atoms with Crippen molar-refractivity contribution in [2.75, 3.05) is 33.3 Å². The van der Waals surface area contributed by atoms with Crippen LogP contribution >= 0.6 is 0 Å². The van der Waals surface area contributed by atoms with Gasteiger partial charge in [0.25, 0.3) is 5.56 Å². The number of hydrogen-bond donors (Lipinski definition) is 1. The minimum atomic E-state index is -1.14. The molecule has 2 saturated heterocycles. The first-order valence-electron chi connectivity index (χ1n) is 16.7. The summed E-state index contributed by atoms with van der Waals surface area (Å²) in [6, 6.07) is 25.4. The van der Waals surface area contributed by atoms with E-state index in [-0.39, 0.29) is 29.8 Å². The van der Waals surface area contributed by atoms with E-state index in [4.69, 9.17) is 4.74 Å². The van der Waals surface area contributed by atoms with Crippen LogP contribution in [0.1, 0.15) is 42.0 Å². The predicted molar refractivity (Wildman–Crippen MR) is 184 cm³/mol. The number of aliphatic hydroxyl groups is 1. The third kappa shape index (κ3) is 6.70. The number of likely N-dealkylation sites (tertiary alicyclic amines) is 2. The topological polar surface area (TPSA) is 130 Å². The summed E-state index contributed by atoms with van der Waals surface area (Å²) in [7, 11) is 1.62. The van der Waals surface area contributed by atoms with E-state index in [1.54, 1.807) is 19.4 Å². The van der Waals surface area contributed by atoms with Gasteiger partial charge in [0.15, 0.2) is 5.65 Å². The van der Waals surface area contributed by atoms with E-state index >= 15 is 0 Å². The second-order valence-corrected chi connectivity index (χ2v) is 13.2. The molecule has 0 unspecified atom stereocenters.